The Morgan fingerprint density at radius 1 is 0.967 bits per heavy atom. The monoisotopic (exact) mass is 456 g/mol. The highest BCUT2D eigenvalue weighted by atomic mass is 35.5. The van der Waals surface area contributed by atoms with Gasteiger partial charge in [-0.15, -0.1) is 0 Å². The standard InChI is InChI=1S/C23H34Cl2N2O3/c24-21-6-5-20(16-22(21)25)30-19-9-14-27(15-10-19)17-18-7-12-26(13-8-18)11-3-1-2-4-23(28)29/h5-6,16,18-19H,1-4,7-15,17H2,(H,28,29). The number of benzene rings is 1. The van der Waals surface area contributed by atoms with Gasteiger partial charge in [-0.25, -0.2) is 0 Å². The van der Waals surface area contributed by atoms with Crippen LogP contribution in [0.3, 0.4) is 0 Å². The van der Waals surface area contributed by atoms with E-state index in [-0.39, 0.29) is 6.10 Å². The summed E-state index contributed by atoms with van der Waals surface area (Å²) in [6.45, 7) is 6.86. The van der Waals surface area contributed by atoms with Gasteiger partial charge >= 0.3 is 5.97 Å². The fourth-order valence-corrected chi connectivity index (χ4v) is 4.79. The van der Waals surface area contributed by atoms with Crippen molar-refractivity contribution < 1.29 is 14.6 Å². The summed E-state index contributed by atoms with van der Waals surface area (Å²) in [6.07, 6.45) is 8.14. The molecule has 168 valence electrons. The fraction of sp³-hybridized carbons (Fsp3) is 0.696. The Morgan fingerprint density at radius 2 is 1.67 bits per heavy atom. The van der Waals surface area contributed by atoms with Crippen LogP contribution in [-0.4, -0.2) is 66.2 Å². The Balaban J connectivity index is 1.27. The molecule has 0 aliphatic carbocycles. The van der Waals surface area contributed by atoms with Crippen molar-refractivity contribution in [1.29, 1.82) is 0 Å². The van der Waals surface area contributed by atoms with Crippen molar-refractivity contribution in [3.63, 3.8) is 0 Å². The van der Waals surface area contributed by atoms with Crippen molar-refractivity contribution in [2.24, 2.45) is 5.92 Å². The van der Waals surface area contributed by atoms with Gasteiger partial charge in [0, 0.05) is 32.1 Å². The number of likely N-dealkylation sites (tertiary alicyclic amines) is 2. The van der Waals surface area contributed by atoms with Crippen LogP contribution in [0.4, 0.5) is 0 Å². The normalized spacial score (nSPS) is 19.8. The van der Waals surface area contributed by atoms with Crippen molar-refractivity contribution in [2.45, 2.75) is 57.5 Å². The van der Waals surface area contributed by atoms with Gasteiger partial charge in [-0.05, 0) is 76.2 Å². The molecule has 1 aromatic rings. The highest BCUT2D eigenvalue weighted by Gasteiger charge is 2.25. The molecule has 0 radical (unpaired) electrons. The first-order valence-electron chi connectivity index (χ1n) is 11.3. The van der Waals surface area contributed by atoms with Gasteiger partial charge in [0.15, 0.2) is 0 Å². The molecule has 0 spiro atoms. The molecule has 0 amide bonds. The molecule has 2 fully saturated rings. The summed E-state index contributed by atoms with van der Waals surface area (Å²) in [6, 6.07) is 5.48. The van der Waals surface area contributed by atoms with E-state index >= 15 is 0 Å². The molecule has 2 aliphatic rings. The number of rotatable bonds is 10. The largest absolute Gasteiger partial charge is 0.490 e. The van der Waals surface area contributed by atoms with Crippen LogP contribution in [0.15, 0.2) is 18.2 Å². The van der Waals surface area contributed by atoms with E-state index in [9.17, 15) is 4.79 Å². The van der Waals surface area contributed by atoms with E-state index in [2.05, 4.69) is 9.80 Å². The van der Waals surface area contributed by atoms with Gasteiger partial charge < -0.3 is 19.6 Å². The predicted molar refractivity (Wildman–Crippen MR) is 122 cm³/mol. The Morgan fingerprint density at radius 3 is 2.33 bits per heavy atom. The van der Waals surface area contributed by atoms with Gasteiger partial charge in [-0.2, -0.15) is 0 Å². The summed E-state index contributed by atoms with van der Waals surface area (Å²) >= 11 is 12.1. The molecular formula is C23H34Cl2N2O3. The average Bonchev–Trinajstić information content (AvgIpc) is 2.73. The number of unbranched alkanes of at least 4 members (excludes halogenated alkanes) is 2. The summed E-state index contributed by atoms with van der Waals surface area (Å²) in [5.41, 5.74) is 0. The molecule has 7 heteroatoms. The van der Waals surface area contributed by atoms with E-state index in [1.165, 1.54) is 32.5 Å². The van der Waals surface area contributed by atoms with Crippen LogP contribution in [-0.2, 0) is 4.79 Å². The highest BCUT2D eigenvalue weighted by molar-refractivity contribution is 6.42. The molecule has 30 heavy (non-hydrogen) atoms. The quantitative estimate of drug-likeness (QED) is 0.490. The number of nitrogens with zero attached hydrogens (tertiary/aromatic N) is 2. The summed E-state index contributed by atoms with van der Waals surface area (Å²) in [5, 5.41) is 9.79. The van der Waals surface area contributed by atoms with Crippen LogP contribution in [0, 0.1) is 5.92 Å². The van der Waals surface area contributed by atoms with Crippen molar-refractivity contribution in [3.05, 3.63) is 28.2 Å². The lowest BCUT2D eigenvalue weighted by atomic mass is 9.95. The predicted octanol–water partition coefficient (Wildman–Crippen LogP) is 5.19. The number of carboxylic acid groups (broad SMARTS) is 1. The maximum absolute atomic E-state index is 10.6. The van der Waals surface area contributed by atoms with Crippen LogP contribution in [0.25, 0.3) is 0 Å². The number of hydrogen-bond donors (Lipinski definition) is 1. The third-order valence-electron chi connectivity index (χ3n) is 6.32. The lowest BCUT2D eigenvalue weighted by Gasteiger charge is -2.37. The molecule has 1 N–H and O–H groups in total. The van der Waals surface area contributed by atoms with Crippen LogP contribution >= 0.6 is 23.2 Å². The minimum absolute atomic E-state index is 0.251. The summed E-state index contributed by atoms with van der Waals surface area (Å²) in [7, 11) is 0. The first-order chi connectivity index (χ1) is 14.5. The Kier molecular flexibility index (Phi) is 9.57. The van der Waals surface area contributed by atoms with Crippen LogP contribution in [0.2, 0.25) is 10.0 Å². The molecule has 2 saturated heterocycles. The molecule has 0 atom stereocenters. The molecule has 0 bridgehead atoms. The van der Waals surface area contributed by atoms with E-state index in [0.717, 1.165) is 63.4 Å². The lowest BCUT2D eigenvalue weighted by Crippen LogP contribution is -2.43. The number of piperidine rings is 2. The summed E-state index contributed by atoms with van der Waals surface area (Å²) in [4.78, 5) is 15.7. The molecule has 2 aliphatic heterocycles. The molecule has 3 rings (SSSR count). The van der Waals surface area contributed by atoms with Crippen LogP contribution < -0.4 is 4.74 Å². The van der Waals surface area contributed by atoms with E-state index in [1.54, 1.807) is 12.1 Å². The van der Waals surface area contributed by atoms with Crippen LogP contribution in [0.5, 0.6) is 5.75 Å². The van der Waals surface area contributed by atoms with Gasteiger partial charge in [0.25, 0.3) is 0 Å². The molecule has 1 aromatic carbocycles. The van der Waals surface area contributed by atoms with Gasteiger partial charge in [0.05, 0.1) is 10.0 Å². The average molecular weight is 457 g/mol. The maximum atomic E-state index is 10.6. The zero-order valence-electron chi connectivity index (χ0n) is 17.7. The molecule has 0 aromatic heterocycles. The number of aliphatic carboxylic acids is 1. The number of ether oxygens (including phenoxy) is 1. The molecule has 2 heterocycles. The number of halogens is 2. The van der Waals surface area contributed by atoms with E-state index in [0.29, 0.717) is 16.5 Å². The van der Waals surface area contributed by atoms with E-state index < -0.39 is 5.97 Å². The lowest BCUT2D eigenvalue weighted by molar-refractivity contribution is -0.137. The molecule has 0 unspecified atom stereocenters. The Bertz CT molecular complexity index is 672. The van der Waals surface area contributed by atoms with Gasteiger partial charge in [-0.1, -0.05) is 29.6 Å². The topological polar surface area (TPSA) is 53.0 Å². The second kappa shape index (κ2) is 12.1. The van der Waals surface area contributed by atoms with E-state index in [4.69, 9.17) is 33.0 Å². The Hall–Kier alpha value is -1.01. The molecule has 5 nitrogen and oxygen atoms in total. The number of carboxylic acids is 1. The van der Waals surface area contributed by atoms with Crippen molar-refractivity contribution in [2.75, 3.05) is 39.3 Å². The molecular weight excluding hydrogens is 423 g/mol. The zero-order chi connectivity index (χ0) is 21.3. The minimum Gasteiger partial charge on any atom is -0.490 e. The first kappa shape index (κ1) is 23.6. The third-order valence-corrected chi connectivity index (χ3v) is 7.06. The third kappa shape index (κ3) is 7.92. The second-order valence-corrected chi connectivity index (χ2v) is 9.50. The minimum atomic E-state index is -0.680. The van der Waals surface area contributed by atoms with Crippen molar-refractivity contribution in [3.8, 4) is 5.75 Å². The van der Waals surface area contributed by atoms with Gasteiger partial charge in [0.2, 0.25) is 0 Å². The van der Waals surface area contributed by atoms with Gasteiger partial charge in [-0.3, -0.25) is 4.79 Å². The highest BCUT2D eigenvalue weighted by Crippen LogP contribution is 2.28. The second-order valence-electron chi connectivity index (χ2n) is 8.68. The van der Waals surface area contributed by atoms with Gasteiger partial charge in [0.1, 0.15) is 11.9 Å². The fourth-order valence-electron chi connectivity index (χ4n) is 4.50. The maximum Gasteiger partial charge on any atom is 0.303 e. The number of carbonyl (C=O) groups is 1. The van der Waals surface area contributed by atoms with E-state index in [1.807, 2.05) is 6.07 Å². The van der Waals surface area contributed by atoms with Crippen molar-refractivity contribution >= 4 is 29.2 Å². The first-order valence-corrected chi connectivity index (χ1v) is 12.0. The molecule has 0 saturated carbocycles. The summed E-state index contributed by atoms with van der Waals surface area (Å²) in [5.74, 6) is 0.916. The SMILES string of the molecule is O=C(O)CCCCCN1CCC(CN2CCC(Oc3ccc(Cl)c(Cl)c3)CC2)CC1. The number of hydrogen-bond acceptors (Lipinski definition) is 4. The zero-order valence-corrected chi connectivity index (χ0v) is 19.2. The smallest absolute Gasteiger partial charge is 0.303 e. The van der Waals surface area contributed by atoms with Crippen molar-refractivity contribution in [1.82, 2.24) is 9.80 Å². The Labute approximate surface area is 190 Å². The summed E-state index contributed by atoms with van der Waals surface area (Å²) < 4.78 is 6.10. The van der Waals surface area contributed by atoms with Crippen LogP contribution in [0.1, 0.15) is 51.4 Å².